The predicted molar refractivity (Wildman–Crippen MR) is 124 cm³/mol. The van der Waals surface area contributed by atoms with E-state index in [0.717, 1.165) is 44.7 Å². The molecule has 31 heavy (non-hydrogen) atoms. The number of benzene rings is 2. The van der Waals surface area contributed by atoms with Crippen molar-refractivity contribution < 1.29 is 19.1 Å². The minimum atomic E-state index is -0.468. The molecular formula is C24H26N2O4S. The first-order chi connectivity index (χ1) is 14.6. The molecule has 2 aromatic carbocycles. The highest BCUT2D eigenvalue weighted by molar-refractivity contribution is 8.18. The van der Waals surface area contributed by atoms with Crippen LogP contribution in [-0.4, -0.2) is 34.6 Å². The molecule has 0 aromatic heterocycles. The molecule has 1 N–H and O–H groups in total. The lowest BCUT2D eigenvalue weighted by molar-refractivity contribution is -0.127. The van der Waals surface area contributed by atoms with E-state index in [2.05, 4.69) is 5.32 Å². The first-order valence-electron chi connectivity index (χ1n) is 10.0. The van der Waals surface area contributed by atoms with Gasteiger partial charge in [0.25, 0.3) is 11.1 Å². The van der Waals surface area contributed by atoms with Crippen LogP contribution in [0.3, 0.4) is 0 Å². The van der Waals surface area contributed by atoms with Crippen molar-refractivity contribution in [3.8, 4) is 5.75 Å². The van der Waals surface area contributed by atoms with Gasteiger partial charge < -0.3 is 10.1 Å². The smallest absolute Gasteiger partial charge is 0.294 e. The molecule has 0 atom stereocenters. The molecule has 0 bridgehead atoms. The molecule has 0 unspecified atom stereocenters. The van der Waals surface area contributed by atoms with Gasteiger partial charge >= 0.3 is 0 Å². The van der Waals surface area contributed by atoms with E-state index in [-0.39, 0.29) is 17.6 Å². The number of nitrogens with zero attached hydrogens (tertiary/aromatic N) is 1. The van der Waals surface area contributed by atoms with Gasteiger partial charge in [-0.15, -0.1) is 0 Å². The van der Waals surface area contributed by atoms with Crippen molar-refractivity contribution in [2.24, 2.45) is 0 Å². The number of ether oxygens (including phenoxy) is 1. The Morgan fingerprint density at radius 1 is 1.10 bits per heavy atom. The summed E-state index contributed by atoms with van der Waals surface area (Å²) < 4.78 is 5.61. The van der Waals surface area contributed by atoms with Crippen molar-refractivity contribution in [3.63, 3.8) is 0 Å². The molecule has 1 saturated heterocycles. The van der Waals surface area contributed by atoms with Crippen LogP contribution < -0.4 is 10.1 Å². The van der Waals surface area contributed by atoms with Gasteiger partial charge in [-0.05, 0) is 81.3 Å². The monoisotopic (exact) mass is 438 g/mol. The number of amides is 3. The van der Waals surface area contributed by atoms with Crippen molar-refractivity contribution in [2.45, 2.75) is 40.7 Å². The number of hydrogen-bond donors (Lipinski definition) is 1. The molecule has 0 radical (unpaired) electrons. The molecule has 0 aliphatic carbocycles. The van der Waals surface area contributed by atoms with Crippen LogP contribution in [0.4, 0.5) is 10.5 Å². The van der Waals surface area contributed by atoms with Gasteiger partial charge in [0.2, 0.25) is 5.91 Å². The molecule has 2 aromatic rings. The summed E-state index contributed by atoms with van der Waals surface area (Å²) in [5.74, 6) is -0.141. The summed E-state index contributed by atoms with van der Waals surface area (Å²) in [7, 11) is 0. The molecule has 0 saturated carbocycles. The van der Waals surface area contributed by atoms with Gasteiger partial charge in [0.15, 0.2) is 0 Å². The van der Waals surface area contributed by atoms with Crippen LogP contribution in [0.15, 0.2) is 41.3 Å². The Morgan fingerprint density at radius 2 is 1.71 bits per heavy atom. The normalized spacial score (nSPS) is 15.2. The Hall–Kier alpha value is -3.06. The first kappa shape index (κ1) is 22.6. The van der Waals surface area contributed by atoms with E-state index in [1.165, 1.54) is 0 Å². The average molecular weight is 439 g/mol. The number of rotatable bonds is 6. The molecule has 7 heteroatoms. The van der Waals surface area contributed by atoms with Crippen LogP contribution >= 0.6 is 11.8 Å². The van der Waals surface area contributed by atoms with Gasteiger partial charge in [0.1, 0.15) is 12.3 Å². The molecule has 3 rings (SSSR count). The molecule has 6 nitrogen and oxygen atoms in total. The second-order valence-corrected chi connectivity index (χ2v) is 8.82. The van der Waals surface area contributed by atoms with Gasteiger partial charge in [0.05, 0.1) is 11.0 Å². The van der Waals surface area contributed by atoms with E-state index in [0.29, 0.717) is 5.69 Å². The summed E-state index contributed by atoms with van der Waals surface area (Å²) in [6.45, 7) is 9.38. The van der Waals surface area contributed by atoms with Gasteiger partial charge in [-0.1, -0.05) is 29.8 Å². The van der Waals surface area contributed by atoms with Gasteiger partial charge in [0, 0.05) is 5.69 Å². The Bertz CT molecular complexity index is 1030. The second kappa shape index (κ2) is 9.39. The maximum atomic E-state index is 12.7. The lowest BCUT2D eigenvalue weighted by Gasteiger charge is -2.15. The van der Waals surface area contributed by atoms with Crippen LogP contribution in [0, 0.1) is 20.8 Å². The van der Waals surface area contributed by atoms with Crippen molar-refractivity contribution >= 4 is 40.6 Å². The molecule has 3 amide bonds. The third-order valence-electron chi connectivity index (χ3n) is 4.67. The first-order valence-corrected chi connectivity index (χ1v) is 10.9. The lowest BCUT2D eigenvalue weighted by atomic mass is 10.1. The van der Waals surface area contributed by atoms with E-state index >= 15 is 0 Å². The number of imide groups is 1. The van der Waals surface area contributed by atoms with Crippen molar-refractivity contribution in [1.82, 2.24) is 4.90 Å². The number of nitrogens with one attached hydrogen (secondary N) is 1. The Kier molecular flexibility index (Phi) is 6.85. The molecular weight excluding hydrogens is 412 g/mol. The lowest BCUT2D eigenvalue weighted by Crippen LogP contribution is -2.36. The van der Waals surface area contributed by atoms with Crippen LogP contribution in [0.25, 0.3) is 6.08 Å². The number of carbonyl (C=O) groups is 3. The number of hydrogen-bond acceptors (Lipinski definition) is 5. The highest BCUT2D eigenvalue weighted by Gasteiger charge is 2.36. The van der Waals surface area contributed by atoms with Gasteiger partial charge in [-0.3, -0.25) is 19.3 Å². The zero-order valence-electron chi connectivity index (χ0n) is 18.3. The van der Waals surface area contributed by atoms with Crippen LogP contribution in [0.2, 0.25) is 0 Å². The zero-order chi connectivity index (χ0) is 22.7. The van der Waals surface area contributed by atoms with E-state index in [1.807, 2.05) is 71.0 Å². The zero-order valence-corrected chi connectivity index (χ0v) is 19.1. The average Bonchev–Trinajstić information content (AvgIpc) is 2.93. The SMILES string of the molecule is Cc1cc(C)c(NC(=O)CN2C(=O)S/C(=C\c3ccc(OC(C)C)cc3)C2=O)c(C)c1. The van der Waals surface area contributed by atoms with Crippen LogP contribution in [0.1, 0.15) is 36.1 Å². The Balaban J connectivity index is 1.69. The molecule has 1 aliphatic heterocycles. The molecule has 1 heterocycles. The highest BCUT2D eigenvalue weighted by Crippen LogP contribution is 2.32. The van der Waals surface area contributed by atoms with E-state index in [1.54, 1.807) is 6.08 Å². The summed E-state index contributed by atoms with van der Waals surface area (Å²) in [5.41, 5.74) is 4.46. The standard InChI is InChI=1S/C24H26N2O4S/c1-14(2)30-19-8-6-18(7-9-19)12-20-23(28)26(24(29)31-20)13-21(27)25-22-16(4)10-15(3)11-17(22)5/h6-12,14H,13H2,1-5H3,(H,25,27)/b20-12-. The van der Waals surface area contributed by atoms with E-state index in [9.17, 15) is 14.4 Å². The largest absolute Gasteiger partial charge is 0.491 e. The topological polar surface area (TPSA) is 75.7 Å². The Morgan fingerprint density at radius 3 is 2.29 bits per heavy atom. The van der Waals surface area contributed by atoms with Crippen molar-refractivity contribution in [2.75, 3.05) is 11.9 Å². The van der Waals surface area contributed by atoms with Crippen molar-refractivity contribution in [3.05, 3.63) is 63.6 Å². The number of carbonyl (C=O) groups excluding carboxylic acids is 3. The maximum absolute atomic E-state index is 12.7. The summed E-state index contributed by atoms with van der Waals surface area (Å²) >= 11 is 0.835. The van der Waals surface area contributed by atoms with Crippen LogP contribution in [0.5, 0.6) is 5.75 Å². The Labute approximate surface area is 186 Å². The number of thioether (sulfide) groups is 1. The maximum Gasteiger partial charge on any atom is 0.294 e. The molecule has 1 aliphatic rings. The van der Waals surface area contributed by atoms with E-state index in [4.69, 9.17) is 4.74 Å². The fraction of sp³-hybridized carbons (Fsp3) is 0.292. The summed E-state index contributed by atoms with van der Waals surface area (Å²) in [6, 6.07) is 11.2. The van der Waals surface area contributed by atoms with Crippen LogP contribution in [-0.2, 0) is 9.59 Å². The fourth-order valence-electron chi connectivity index (χ4n) is 3.40. The molecule has 162 valence electrons. The molecule has 1 fully saturated rings. The minimum Gasteiger partial charge on any atom is -0.491 e. The predicted octanol–water partition coefficient (Wildman–Crippen LogP) is 5.07. The minimum absolute atomic E-state index is 0.0704. The van der Waals surface area contributed by atoms with Gasteiger partial charge in [-0.2, -0.15) is 0 Å². The summed E-state index contributed by atoms with van der Waals surface area (Å²) in [6.07, 6.45) is 1.72. The fourth-order valence-corrected chi connectivity index (χ4v) is 4.24. The molecule has 0 spiro atoms. The quantitative estimate of drug-likeness (QED) is 0.637. The third-order valence-corrected chi connectivity index (χ3v) is 5.57. The van der Waals surface area contributed by atoms with E-state index < -0.39 is 17.1 Å². The number of anilines is 1. The summed E-state index contributed by atoms with van der Waals surface area (Å²) in [4.78, 5) is 38.9. The second-order valence-electron chi connectivity index (χ2n) is 7.83. The highest BCUT2D eigenvalue weighted by atomic mass is 32.2. The van der Waals surface area contributed by atoms with Gasteiger partial charge in [-0.25, -0.2) is 0 Å². The van der Waals surface area contributed by atoms with Crippen molar-refractivity contribution in [1.29, 1.82) is 0 Å². The summed E-state index contributed by atoms with van der Waals surface area (Å²) in [5, 5.41) is 2.38. The number of aryl methyl sites for hydroxylation is 3. The third kappa shape index (κ3) is 5.55.